The van der Waals surface area contributed by atoms with Gasteiger partial charge in [0.05, 0.1) is 5.56 Å². The summed E-state index contributed by atoms with van der Waals surface area (Å²) < 4.78 is 27.9. The number of hydrogen-bond donors (Lipinski definition) is 1. The van der Waals surface area contributed by atoms with E-state index < -0.39 is 21.7 Å². The Bertz CT molecular complexity index is 876. The standard InChI is InChI=1S/C13H11ClN2O5S2/c1-7(17)21-9-6-4-3-5-8(9)11(18)15-13-16-12(10(14)22-13)23(2,19)20/h3-6H,1-2H3,(H,15,16,18). The lowest BCUT2D eigenvalue weighted by molar-refractivity contribution is -0.131. The predicted molar refractivity (Wildman–Crippen MR) is 85.9 cm³/mol. The summed E-state index contributed by atoms with van der Waals surface area (Å²) in [6.07, 6.45) is 0.968. The van der Waals surface area contributed by atoms with Crippen LogP contribution in [0.3, 0.4) is 0 Å². The number of amides is 1. The Hall–Kier alpha value is -1.97. The van der Waals surface area contributed by atoms with Crippen LogP contribution in [0.2, 0.25) is 4.34 Å². The minimum absolute atomic E-state index is 0.0260. The molecular formula is C13H11ClN2O5S2. The molecule has 0 aliphatic carbocycles. The van der Waals surface area contributed by atoms with Crippen molar-refractivity contribution in [3.8, 4) is 5.75 Å². The lowest BCUT2D eigenvalue weighted by Crippen LogP contribution is -2.14. The Balaban J connectivity index is 2.29. The maximum atomic E-state index is 12.3. The number of carbonyl (C=O) groups excluding carboxylic acids is 2. The van der Waals surface area contributed by atoms with E-state index in [1.165, 1.54) is 19.1 Å². The third-order valence-electron chi connectivity index (χ3n) is 2.51. The second kappa shape index (κ2) is 6.65. The summed E-state index contributed by atoms with van der Waals surface area (Å²) in [5.74, 6) is -1.09. The van der Waals surface area contributed by atoms with Gasteiger partial charge in [0.15, 0.2) is 20.0 Å². The van der Waals surface area contributed by atoms with E-state index in [9.17, 15) is 18.0 Å². The number of benzene rings is 1. The molecule has 1 heterocycles. The summed E-state index contributed by atoms with van der Waals surface area (Å²) in [4.78, 5) is 27.1. The van der Waals surface area contributed by atoms with E-state index in [-0.39, 0.29) is 25.8 Å². The number of sulfone groups is 1. The summed E-state index contributed by atoms with van der Waals surface area (Å²) in [6.45, 7) is 1.22. The maximum Gasteiger partial charge on any atom is 0.308 e. The third-order valence-corrected chi connectivity index (χ3v) is 4.92. The zero-order chi connectivity index (χ0) is 17.2. The highest BCUT2D eigenvalue weighted by atomic mass is 35.5. The first-order valence-corrected chi connectivity index (χ1v) is 9.22. The lowest BCUT2D eigenvalue weighted by atomic mass is 10.2. The van der Waals surface area contributed by atoms with Gasteiger partial charge in [0, 0.05) is 13.2 Å². The topological polar surface area (TPSA) is 102 Å². The molecule has 0 unspecified atom stereocenters. The molecule has 0 atom stereocenters. The number of hydrogen-bond acceptors (Lipinski definition) is 7. The summed E-state index contributed by atoms with van der Waals surface area (Å²) in [5.41, 5.74) is 0.106. The van der Waals surface area contributed by atoms with E-state index in [1.807, 2.05) is 0 Å². The second-order valence-electron chi connectivity index (χ2n) is 4.41. The number of nitrogens with one attached hydrogen (secondary N) is 1. The van der Waals surface area contributed by atoms with Crippen LogP contribution >= 0.6 is 22.9 Å². The number of aromatic nitrogens is 1. The zero-order valence-electron chi connectivity index (χ0n) is 12.0. The largest absolute Gasteiger partial charge is 0.426 e. The predicted octanol–water partition coefficient (Wildman–Crippen LogP) is 2.38. The molecule has 10 heteroatoms. The summed E-state index contributed by atoms with van der Waals surface area (Å²) in [7, 11) is -3.59. The lowest BCUT2D eigenvalue weighted by Gasteiger charge is -2.07. The zero-order valence-corrected chi connectivity index (χ0v) is 14.4. The van der Waals surface area contributed by atoms with E-state index in [2.05, 4.69) is 10.3 Å². The van der Waals surface area contributed by atoms with Crippen LogP contribution in [0.5, 0.6) is 5.75 Å². The van der Waals surface area contributed by atoms with Gasteiger partial charge in [0.2, 0.25) is 0 Å². The van der Waals surface area contributed by atoms with E-state index >= 15 is 0 Å². The number of esters is 1. The molecule has 0 saturated heterocycles. The number of anilines is 1. The van der Waals surface area contributed by atoms with E-state index in [4.69, 9.17) is 16.3 Å². The molecule has 1 amide bonds. The minimum atomic E-state index is -3.59. The molecule has 122 valence electrons. The molecule has 0 aliphatic heterocycles. The van der Waals surface area contributed by atoms with Crippen molar-refractivity contribution >= 4 is 49.8 Å². The SMILES string of the molecule is CC(=O)Oc1ccccc1C(=O)Nc1nc(S(C)(=O)=O)c(Cl)s1. The molecule has 1 N–H and O–H groups in total. The first-order valence-electron chi connectivity index (χ1n) is 6.13. The minimum Gasteiger partial charge on any atom is -0.426 e. The average Bonchev–Trinajstić information content (AvgIpc) is 2.79. The number of rotatable bonds is 4. The van der Waals surface area contributed by atoms with Gasteiger partial charge in [0.25, 0.3) is 5.91 Å². The Morgan fingerprint density at radius 1 is 1.30 bits per heavy atom. The molecule has 0 fully saturated rings. The molecule has 0 saturated carbocycles. The van der Waals surface area contributed by atoms with Gasteiger partial charge in [-0.25, -0.2) is 13.4 Å². The van der Waals surface area contributed by atoms with Gasteiger partial charge in [-0.05, 0) is 12.1 Å². The molecular weight excluding hydrogens is 364 g/mol. The van der Waals surface area contributed by atoms with Crippen LogP contribution in [0.15, 0.2) is 29.3 Å². The van der Waals surface area contributed by atoms with Crippen molar-refractivity contribution in [2.45, 2.75) is 11.9 Å². The number of ether oxygens (including phenoxy) is 1. The van der Waals surface area contributed by atoms with Crippen molar-refractivity contribution in [3.63, 3.8) is 0 Å². The second-order valence-corrected chi connectivity index (χ2v) is 7.95. The molecule has 7 nitrogen and oxygen atoms in total. The van der Waals surface area contributed by atoms with Crippen LogP contribution in [0.4, 0.5) is 5.13 Å². The molecule has 1 aromatic carbocycles. The van der Waals surface area contributed by atoms with Gasteiger partial charge >= 0.3 is 5.97 Å². The number of nitrogens with zero attached hydrogens (tertiary/aromatic N) is 1. The smallest absolute Gasteiger partial charge is 0.308 e. The van der Waals surface area contributed by atoms with Crippen molar-refractivity contribution in [2.24, 2.45) is 0 Å². The summed E-state index contributed by atoms with van der Waals surface area (Å²) >= 11 is 6.63. The molecule has 1 aromatic heterocycles. The van der Waals surface area contributed by atoms with Crippen LogP contribution in [0, 0.1) is 0 Å². The molecule has 0 spiro atoms. The van der Waals surface area contributed by atoms with Crippen LogP contribution in [0.1, 0.15) is 17.3 Å². The highest BCUT2D eigenvalue weighted by Crippen LogP contribution is 2.31. The van der Waals surface area contributed by atoms with E-state index in [0.717, 1.165) is 17.6 Å². The molecule has 2 aromatic rings. The monoisotopic (exact) mass is 374 g/mol. The highest BCUT2D eigenvalue weighted by Gasteiger charge is 2.21. The van der Waals surface area contributed by atoms with E-state index in [0.29, 0.717) is 0 Å². The Kier molecular flexibility index (Phi) is 5.03. The Morgan fingerprint density at radius 3 is 2.52 bits per heavy atom. The van der Waals surface area contributed by atoms with Crippen molar-refractivity contribution in [3.05, 3.63) is 34.2 Å². The number of para-hydroxylation sites is 1. The average molecular weight is 375 g/mol. The first kappa shape index (κ1) is 17.4. The number of carbonyl (C=O) groups is 2. The fourth-order valence-corrected chi connectivity index (χ4v) is 4.08. The van der Waals surface area contributed by atoms with Crippen LogP contribution in [0.25, 0.3) is 0 Å². The Morgan fingerprint density at radius 2 is 1.96 bits per heavy atom. The molecule has 0 aliphatic rings. The number of thiazole rings is 1. The fraction of sp³-hybridized carbons (Fsp3) is 0.154. The van der Waals surface area contributed by atoms with Gasteiger partial charge in [0.1, 0.15) is 10.1 Å². The molecule has 0 radical (unpaired) electrons. The first-order chi connectivity index (χ1) is 10.7. The maximum absolute atomic E-state index is 12.3. The van der Waals surface area contributed by atoms with Gasteiger partial charge in [-0.15, -0.1) is 0 Å². The van der Waals surface area contributed by atoms with Crippen LogP contribution < -0.4 is 10.1 Å². The van der Waals surface area contributed by atoms with Gasteiger partial charge in [-0.2, -0.15) is 0 Å². The highest BCUT2D eigenvalue weighted by molar-refractivity contribution is 7.90. The summed E-state index contributed by atoms with van der Waals surface area (Å²) in [6, 6.07) is 6.13. The molecule has 2 rings (SSSR count). The van der Waals surface area contributed by atoms with Gasteiger partial charge in [-0.1, -0.05) is 35.1 Å². The van der Waals surface area contributed by atoms with Crippen molar-refractivity contribution in [1.29, 1.82) is 0 Å². The fourth-order valence-electron chi connectivity index (χ4n) is 1.63. The van der Waals surface area contributed by atoms with Crippen LogP contribution in [-0.2, 0) is 14.6 Å². The van der Waals surface area contributed by atoms with Gasteiger partial charge in [-0.3, -0.25) is 14.9 Å². The summed E-state index contributed by atoms with van der Waals surface area (Å²) in [5, 5.41) is 2.16. The normalized spacial score (nSPS) is 11.1. The quantitative estimate of drug-likeness (QED) is 0.651. The van der Waals surface area contributed by atoms with Gasteiger partial charge < -0.3 is 4.74 Å². The van der Waals surface area contributed by atoms with Crippen molar-refractivity contribution in [2.75, 3.05) is 11.6 Å². The molecule has 23 heavy (non-hydrogen) atoms. The number of halogens is 1. The van der Waals surface area contributed by atoms with Crippen molar-refractivity contribution in [1.82, 2.24) is 4.98 Å². The van der Waals surface area contributed by atoms with Crippen molar-refractivity contribution < 1.29 is 22.7 Å². The molecule has 0 bridgehead atoms. The van der Waals surface area contributed by atoms with E-state index in [1.54, 1.807) is 12.1 Å². The van der Waals surface area contributed by atoms with Crippen LogP contribution in [-0.4, -0.2) is 31.5 Å². The Labute approximate surface area is 141 Å². The third kappa shape index (κ3) is 4.27.